The molecule has 0 spiro atoms. The smallest absolute Gasteiger partial charge is 0.138 e. The second kappa shape index (κ2) is 5.13. The molecule has 0 unspecified atom stereocenters. The molecule has 2 heterocycles. The first kappa shape index (κ1) is 12.9. The van der Waals surface area contributed by atoms with Crippen LogP contribution in [-0.2, 0) is 6.54 Å². The first-order valence-corrected chi connectivity index (χ1v) is 6.89. The molecule has 2 aromatic heterocycles. The number of hydrogen-bond donors (Lipinski definition) is 1. The summed E-state index contributed by atoms with van der Waals surface area (Å²) >= 11 is 1.54. The molecule has 1 N–H and O–H groups in total. The Morgan fingerprint density at radius 1 is 1.25 bits per heavy atom. The first-order valence-electron chi connectivity index (χ1n) is 6.02. The van der Waals surface area contributed by atoms with Gasteiger partial charge in [0.25, 0.3) is 0 Å². The Morgan fingerprint density at radius 3 is 2.90 bits per heavy atom. The van der Waals surface area contributed by atoms with Crippen molar-refractivity contribution < 1.29 is 8.78 Å². The predicted molar refractivity (Wildman–Crippen MR) is 75.8 cm³/mol. The average Bonchev–Trinajstić information content (AvgIpc) is 2.80. The van der Waals surface area contributed by atoms with Crippen LogP contribution in [0.25, 0.3) is 10.2 Å². The zero-order valence-electron chi connectivity index (χ0n) is 10.7. The molecular formula is C14H11F2N3S. The number of halogens is 2. The van der Waals surface area contributed by atoms with Gasteiger partial charge < -0.3 is 5.32 Å². The van der Waals surface area contributed by atoms with E-state index in [1.54, 1.807) is 11.3 Å². The summed E-state index contributed by atoms with van der Waals surface area (Å²) in [6.45, 7) is 2.22. The monoisotopic (exact) mass is 291 g/mol. The number of nitrogens with one attached hydrogen (secondary N) is 1. The highest BCUT2D eigenvalue weighted by Gasteiger charge is 2.09. The molecule has 0 aliphatic carbocycles. The first-order chi connectivity index (χ1) is 9.65. The molecule has 3 aromatic rings. The molecule has 0 bridgehead atoms. The molecule has 0 aliphatic heterocycles. The van der Waals surface area contributed by atoms with Crippen LogP contribution in [0.15, 0.2) is 29.9 Å². The average molecular weight is 291 g/mol. The van der Waals surface area contributed by atoms with E-state index < -0.39 is 11.6 Å². The third kappa shape index (κ3) is 2.34. The highest BCUT2D eigenvalue weighted by Crippen LogP contribution is 2.28. The molecular weight excluding hydrogens is 280 g/mol. The van der Waals surface area contributed by atoms with Crippen LogP contribution in [0.3, 0.4) is 0 Å². The van der Waals surface area contributed by atoms with Gasteiger partial charge in [-0.15, -0.1) is 11.3 Å². The molecule has 0 aliphatic rings. The number of rotatable bonds is 3. The molecule has 0 radical (unpaired) electrons. The maximum absolute atomic E-state index is 13.6. The Morgan fingerprint density at radius 2 is 2.10 bits per heavy atom. The van der Waals surface area contributed by atoms with Crippen LogP contribution < -0.4 is 5.32 Å². The standard InChI is InChI=1S/C14H11F2N3S/c1-8-6-20-14-12(8)13(18-7-19-14)17-5-9-2-3-10(15)4-11(9)16/h2-4,6-7H,5H2,1H3,(H,17,18,19). The molecule has 3 rings (SSSR count). The molecule has 0 saturated heterocycles. The van der Waals surface area contributed by atoms with Crippen molar-refractivity contribution in [3.05, 3.63) is 52.7 Å². The summed E-state index contributed by atoms with van der Waals surface area (Å²) in [5, 5.41) is 6.03. The molecule has 0 saturated carbocycles. The second-order valence-electron chi connectivity index (χ2n) is 4.41. The Balaban J connectivity index is 1.88. The molecule has 6 heteroatoms. The van der Waals surface area contributed by atoms with Gasteiger partial charge in [-0.2, -0.15) is 0 Å². The minimum absolute atomic E-state index is 0.244. The van der Waals surface area contributed by atoms with E-state index in [1.807, 2.05) is 12.3 Å². The Labute approximate surface area is 118 Å². The molecule has 20 heavy (non-hydrogen) atoms. The third-order valence-corrected chi connectivity index (χ3v) is 4.02. The van der Waals surface area contributed by atoms with Crippen LogP contribution in [-0.4, -0.2) is 9.97 Å². The van der Waals surface area contributed by atoms with Gasteiger partial charge in [0.1, 0.15) is 28.6 Å². The summed E-state index contributed by atoms with van der Waals surface area (Å²) < 4.78 is 26.4. The van der Waals surface area contributed by atoms with Crippen molar-refractivity contribution in [1.29, 1.82) is 0 Å². The largest absolute Gasteiger partial charge is 0.365 e. The SMILES string of the molecule is Cc1csc2ncnc(NCc3ccc(F)cc3F)c12. The van der Waals surface area contributed by atoms with Crippen LogP contribution in [0.1, 0.15) is 11.1 Å². The summed E-state index contributed by atoms with van der Waals surface area (Å²) in [5.41, 5.74) is 1.47. The molecule has 0 fully saturated rings. The van der Waals surface area contributed by atoms with E-state index in [0.29, 0.717) is 11.4 Å². The summed E-state index contributed by atoms with van der Waals surface area (Å²) in [7, 11) is 0. The zero-order chi connectivity index (χ0) is 14.1. The number of anilines is 1. The third-order valence-electron chi connectivity index (χ3n) is 3.02. The maximum Gasteiger partial charge on any atom is 0.138 e. The topological polar surface area (TPSA) is 37.8 Å². The van der Waals surface area contributed by atoms with Crippen molar-refractivity contribution in [2.45, 2.75) is 13.5 Å². The van der Waals surface area contributed by atoms with Gasteiger partial charge in [-0.1, -0.05) is 6.07 Å². The molecule has 102 valence electrons. The quantitative estimate of drug-likeness (QED) is 0.795. The van der Waals surface area contributed by atoms with Gasteiger partial charge in [-0.05, 0) is 23.9 Å². The van der Waals surface area contributed by atoms with E-state index in [9.17, 15) is 8.78 Å². The maximum atomic E-state index is 13.6. The van der Waals surface area contributed by atoms with Crippen molar-refractivity contribution in [3.63, 3.8) is 0 Å². The van der Waals surface area contributed by atoms with Gasteiger partial charge in [0.05, 0.1) is 5.39 Å². The molecule has 3 nitrogen and oxygen atoms in total. The van der Waals surface area contributed by atoms with E-state index >= 15 is 0 Å². The molecule has 1 aromatic carbocycles. The lowest BCUT2D eigenvalue weighted by atomic mass is 10.2. The number of hydrogen-bond acceptors (Lipinski definition) is 4. The summed E-state index contributed by atoms with van der Waals surface area (Å²) in [6, 6.07) is 3.55. The highest BCUT2D eigenvalue weighted by molar-refractivity contribution is 7.17. The minimum atomic E-state index is -0.579. The van der Waals surface area contributed by atoms with Crippen LogP contribution in [0.5, 0.6) is 0 Å². The lowest BCUT2D eigenvalue weighted by molar-refractivity contribution is 0.574. The summed E-state index contributed by atoms with van der Waals surface area (Å²) in [5.74, 6) is -0.480. The fraction of sp³-hybridized carbons (Fsp3) is 0.143. The molecule has 0 atom stereocenters. The fourth-order valence-electron chi connectivity index (χ4n) is 2.00. The van der Waals surface area contributed by atoms with E-state index in [4.69, 9.17) is 0 Å². The van der Waals surface area contributed by atoms with Gasteiger partial charge in [0.2, 0.25) is 0 Å². The van der Waals surface area contributed by atoms with Gasteiger partial charge in [-0.25, -0.2) is 18.7 Å². The lowest BCUT2D eigenvalue weighted by Gasteiger charge is -2.08. The number of aryl methyl sites for hydroxylation is 1. The zero-order valence-corrected chi connectivity index (χ0v) is 11.5. The predicted octanol–water partition coefficient (Wildman–Crippen LogP) is 3.89. The Bertz CT molecular complexity index is 770. The number of fused-ring (bicyclic) bond motifs is 1. The number of thiophene rings is 1. The van der Waals surface area contributed by atoms with Crippen molar-refractivity contribution in [2.24, 2.45) is 0 Å². The summed E-state index contributed by atoms with van der Waals surface area (Å²) in [4.78, 5) is 9.27. The number of nitrogens with zero attached hydrogens (tertiary/aromatic N) is 2. The summed E-state index contributed by atoms with van der Waals surface area (Å²) in [6.07, 6.45) is 1.47. The van der Waals surface area contributed by atoms with Crippen LogP contribution >= 0.6 is 11.3 Å². The van der Waals surface area contributed by atoms with Gasteiger partial charge in [0, 0.05) is 18.2 Å². The van der Waals surface area contributed by atoms with Gasteiger partial charge in [0.15, 0.2) is 0 Å². The van der Waals surface area contributed by atoms with Crippen LogP contribution in [0, 0.1) is 18.6 Å². The Kier molecular flexibility index (Phi) is 3.31. The highest BCUT2D eigenvalue weighted by atomic mass is 32.1. The van der Waals surface area contributed by atoms with Crippen LogP contribution in [0.2, 0.25) is 0 Å². The Hall–Kier alpha value is -2.08. The van der Waals surface area contributed by atoms with Crippen LogP contribution in [0.4, 0.5) is 14.6 Å². The van der Waals surface area contributed by atoms with Crippen molar-refractivity contribution in [2.75, 3.05) is 5.32 Å². The van der Waals surface area contributed by atoms with Crippen molar-refractivity contribution in [1.82, 2.24) is 9.97 Å². The minimum Gasteiger partial charge on any atom is -0.365 e. The number of benzene rings is 1. The van der Waals surface area contributed by atoms with E-state index in [2.05, 4.69) is 15.3 Å². The molecule has 0 amide bonds. The lowest BCUT2D eigenvalue weighted by Crippen LogP contribution is -2.04. The van der Waals surface area contributed by atoms with E-state index in [-0.39, 0.29) is 6.54 Å². The van der Waals surface area contributed by atoms with Crippen molar-refractivity contribution in [3.8, 4) is 0 Å². The van der Waals surface area contributed by atoms with Gasteiger partial charge >= 0.3 is 0 Å². The fourth-order valence-corrected chi connectivity index (χ4v) is 2.89. The van der Waals surface area contributed by atoms with Gasteiger partial charge in [-0.3, -0.25) is 0 Å². The van der Waals surface area contributed by atoms with E-state index in [0.717, 1.165) is 21.8 Å². The van der Waals surface area contributed by atoms with Crippen molar-refractivity contribution >= 4 is 27.4 Å². The van der Waals surface area contributed by atoms with E-state index in [1.165, 1.54) is 18.5 Å². The number of aromatic nitrogens is 2. The normalized spacial score (nSPS) is 10.9. The second-order valence-corrected chi connectivity index (χ2v) is 5.27.